The van der Waals surface area contributed by atoms with Crippen molar-refractivity contribution in [1.82, 2.24) is 0 Å². The van der Waals surface area contributed by atoms with Crippen molar-refractivity contribution in [2.45, 2.75) is 37.2 Å². The second kappa shape index (κ2) is 4.95. The van der Waals surface area contributed by atoms with Crippen LogP contribution in [0.3, 0.4) is 0 Å². The number of aliphatic hydroxyl groups is 1. The number of halogens is 1. The van der Waals surface area contributed by atoms with E-state index in [9.17, 15) is 5.11 Å². The fourth-order valence-electron chi connectivity index (χ4n) is 3.39. The largest absolute Gasteiger partial charge is 0.393 e. The Morgan fingerprint density at radius 3 is 2.44 bits per heavy atom. The molecule has 0 spiro atoms. The molecule has 1 saturated heterocycles. The summed E-state index contributed by atoms with van der Waals surface area (Å²) in [7, 11) is 0. The van der Waals surface area contributed by atoms with Crippen molar-refractivity contribution in [3.8, 4) is 0 Å². The van der Waals surface area contributed by atoms with Gasteiger partial charge in [-0.2, -0.15) is 0 Å². The molecule has 0 atom stereocenters. The lowest BCUT2D eigenvalue weighted by molar-refractivity contribution is -0.103. The van der Waals surface area contributed by atoms with Crippen molar-refractivity contribution in [3.63, 3.8) is 0 Å². The van der Waals surface area contributed by atoms with Gasteiger partial charge in [0.05, 0.1) is 19.3 Å². The molecule has 3 heteroatoms. The van der Waals surface area contributed by atoms with Gasteiger partial charge in [0.2, 0.25) is 0 Å². The highest BCUT2D eigenvalue weighted by molar-refractivity contribution is 9.10. The van der Waals surface area contributed by atoms with E-state index in [0.717, 1.165) is 43.4 Å². The SMILES string of the molecule is OC1CCC(C2(c3cccc(Br)c3)COC2)CC1. The monoisotopic (exact) mass is 310 g/mol. The number of ether oxygens (including phenoxy) is 1. The Balaban J connectivity index is 1.86. The Hall–Kier alpha value is -0.380. The first-order valence-electron chi connectivity index (χ1n) is 6.72. The van der Waals surface area contributed by atoms with Crippen molar-refractivity contribution in [3.05, 3.63) is 34.3 Å². The lowest BCUT2D eigenvalue weighted by Crippen LogP contribution is -2.53. The average Bonchev–Trinajstić information content (AvgIpc) is 2.30. The van der Waals surface area contributed by atoms with Crippen molar-refractivity contribution in [2.24, 2.45) is 5.92 Å². The Kier molecular flexibility index (Phi) is 3.48. The summed E-state index contributed by atoms with van der Waals surface area (Å²) in [6.45, 7) is 1.68. The van der Waals surface area contributed by atoms with Crippen LogP contribution in [-0.2, 0) is 10.2 Å². The highest BCUT2D eigenvalue weighted by Crippen LogP contribution is 2.46. The quantitative estimate of drug-likeness (QED) is 0.908. The maximum absolute atomic E-state index is 9.66. The summed E-state index contributed by atoms with van der Waals surface area (Å²) in [5, 5.41) is 9.66. The fraction of sp³-hybridized carbons (Fsp3) is 0.600. The molecule has 1 aromatic rings. The van der Waals surface area contributed by atoms with Gasteiger partial charge in [-0.25, -0.2) is 0 Å². The van der Waals surface area contributed by atoms with E-state index in [1.165, 1.54) is 5.56 Å². The van der Waals surface area contributed by atoms with Crippen LogP contribution in [-0.4, -0.2) is 24.4 Å². The molecule has 1 aliphatic heterocycles. The molecule has 0 unspecified atom stereocenters. The van der Waals surface area contributed by atoms with Crippen LogP contribution in [0.4, 0.5) is 0 Å². The molecule has 18 heavy (non-hydrogen) atoms. The van der Waals surface area contributed by atoms with Gasteiger partial charge >= 0.3 is 0 Å². The van der Waals surface area contributed by atoms with Crippen LogP contribution < -0.4 is 0 Å². The first-order chi connectivity index (χ1) is 8.71. The second-order valence-electron chi connectivity index (χ2n) is 5.66. The van der Waals surface area contributed by atoms with Gasteiger partial charge in [-0.3, -0.25) is 0 Å². The molecule has 0 amide bonds. The summed E-state index contributed by atoms with van der Waals surface area (Å²) in [4.78, 5) is 0. The molecule has 2 aliphatic rings. The molecule has 0 bridgehead atoms. The average molecular weight is 311 g/mol. The summed E-state index contributed by atoms with van der Waals surface area (Å²) < 4.78 is 6.68. The molecule has 1 heterocycles. The van der Waals surface area contributed by atoms with E-state index in [-0.39, 0.29) is 11.5 Å². The third-order valence-electron chi connectivity index (χ3n) is 4.60. The molecule has 98 valence electrons. The van der Waals surface area contributed by atoms with E-state index in [1.54, 1.807) is 0 Å². The predicted octanol–water partition coefficient (Wildman–Crippen LogP) is 3.27. The Morgan fingerprint density at radius 1 is 1.17 bits per heavy atom. The number of rotatable bonds is 2. The van der Waals surface area contributed by atoms with Crippen LogP contribution in [0, 0.1) is 5.92 Å². The van der Waals surface area contributed by atoms with Gasteiger partial charge in [0.1, 0.15) is 0 Å². The minimum Gasteiger partial charge on any atom is -0.393 e. The standard InChI is InChI=1S/C15H19BrO2/c16-13-3-1-2-12(8-13)15(9-18-10-15)11-4-6-14(17)7-5-11/h1-3,8,11,14,17H,4-7,9-10H2. The predicted molar refractivity (Wildman–Crippen MR) is 74.6 cm³/mol. The van der Waals surface area contributed by atoms with E-state index < -0.39 is 0 Å². The van der Waals surface area contributed by atoms with E-state index in [2.05, 4.69) is 40.2 Å². The van der Waals surface area contributed by atoms with Crippen LogP contribution in [0.25, 0.3) is 0 Å². The van der Waals surface area contributed by atoms with Crippen LogP contribution in [0.5, 0.6) is 0 Å². The van der Waals surface area contributed by atoms with E-state index in [0.29, 0.717) is 5.92 Å². The lowest BCUT2D eigenvalue weighted by atomic mass is 9.63. The van der Waals surface area contributed by atoms with Crippen LogP contribution in [0.1, 0.15) is 31.2 Å². The Labute approximate surface area is 116 Å². The molecule has 2 fully saturated rings. The number of aliphatic hydroxyl groups excluding tert-OH is 1. The van der Waals surface area contributed by atoms with Crippen molar-refractivity contribution >= 4 is 15.9 Å². The number of hydrogen-bond donors (Lipinski definition) is 1. The third-order valence-corrected chi connectivity index (χ3v) is 5.09. The Bertz CT molecular complexity index is 420. The zero-order valence-corrected chi connectivity index (χ0v) is 12.0. The van der Waals surface area contributed by atoms with Crippen LogP contribution in [0.15, 0.2) is 28.7 Å². The maximum atomic E-state index is 9.66. The lowest BCUT2D eigenvalue weighted by Gasteiger charge is -2.49. The zero-order valence-electron chi connectivity index (χ0n) is 10.4. The van der Waals surface area contributed by atoms with Crippen molar-refractivity contribution in [1.29, 1.82) is 0 Å². The first kappa shape index (κ1) is 12.6. The second-order valence-corrected chi connectivity index (χ2v) is 6.58. The molecule has 1 N–H and O–H groups in total. The summed E-state index contributed by atoms with van der Waals surface area (Å²) >= 11 is 3.56. The highest BCUT2D eigenvalue weighted by atomic mass is 79.9. The van der Waals surface area contributed by atoms with Crippen LogP contribution in [0.2, 0.25) is 0 Å². The van der Waals surface area contributed by atoms with Crippen molar-refractivity contribution < 1.29 is 9.84 Å². The van der Waals surface area contributed by atoms with E-state index in [1.807, 2.05) is 0 Å². The zero-order chi connectivity index (χ0) is 12.6. The molecular formula is C15H19BrO2. The minimum atomic E-state index is -0.0817. The maximum Gasteiger partial charge on any atom is 0.0588 e. The molecule has 1 saturated carbocycles. The van der Waals surface area contributed by atoms with Gasteiger partial charge in [0.25, 0.3) is 0 Å². The smallest absolute Gasteiger partial charge is 0.0588 e. The number of hydrogen-bond acceptors (Lipinski definition) is 2. The summed E-state index contributed by atoms with van der Waals surface area (Å²) in [5.74, 6) is 0.656. The van der Waals surface area contributed by atoms with Gasteiger partial charge in [0, 0.05) is 9.89 Å². The van der Waals surface area contributed by atoms with Gasteiger partial charge in [-0.15, -0.1) is 0 Å². The normalized spacial score (nSPS) is 30.8. The van der Waals surface area contributed by atoms with Gasteiger partial charge in [-0.05, 0) is 49.3 Å². The Morgan fingerprint density at radius 2 is 1.89 bits per heavy atom. The summed E-state index contributed by atoms with van der Waals surface area (Å²) in [5.41, 5.74) is 1.59. The van der Waals surface area contributed by atoms with Gasteiger partial charge in [-0.1, -0.05) is 28.1 Å². The fourth-order valence-corrected chi connectivity index (χ4v) is 3.79. The van der Waals surface area contributed by atoms with Gasteiger partial charge in [0.15, 0.2) is 0 Å². The van der Waals surface area contributed by atoms with Gasteiger partial charge < -0.3 is 9.84 Å². The molecule has 0 aromatic heterocycles. The topological polar surface area (TPSA) is 29.5 Å². The molecule has 3 rings (SSSR count). The third kappa shape index (κ3) is 2.13. The first-order valence-corrected chi connectivity index (χ1v) is 7.52. The van der Waals surface area contributed by atoms with Crippen molar-refractivity contribution in [2.75, 3.05) is 13.2 Å². The molecule has 1 aliphatic carbocycles. The van der Waals surface area contributed by atoms with E-state index in [4.69, 9.17) is 4.74 Å². The summed E-state index contributed by atoms with van der Waals surface area (Å²) in [6, 6.07) is 8.63. The molecule has 0 radical (unpaired) electrons. The summed E-state index contributed by atoms with van der Waals surface area (Å²) in [6.07, 6.45) is 4.05. The molecular weight excluding hydrogens is 292 g/mol. The van der Waals surface area contributed by atoms with Crippen LogP contribution >= 0.6 is 15.9 Å². The molecule has 1 aromatic carbocycles. The molecule has 2 nitrogen and oxygen atoms in total. The minimum absolute atomic E-state index is 0.0817. The van der Waals surface area contributed by atoms with E-state index >= 15 is 0 Å². The number of benzene rings is 1. The highest BCUT2D eigenvalue weighted by Gasteiger charge is 2.47.